The van der Waals surface area contributed by atoms with Crippen LogP contribution in [0.2, 0.25) is 0 Å². The maximum Gasteiger partial charge on any atom is 0.251 e. The van der Waals surface area contributed by atoms with E-state index in [9.17, 15) is 4.79 Å². The molecule has 0 aliphatic heterocycles. The van der Waals surface area contributed by atoms with E-state index < -0.39 is 0 Å². The SMILES string of the molecule is CCOc1ccc(C(=O)NCCCC(C)O)cc1OC. The van der Waals surface area contributed by atoms with Crippen molar-refractivity contribution in [2.45, 2.75) is 32.8 Å². The fourth-order valence-electron chi connectivity index (χ4n) is 1.79. The molecule has 1 aromatic carbocycles. The summed E-state index contributed by atoms with van der Waals surface area (Å²) in [6.45, 7) is 4.71. The molecular formula is C15H23NO4. The molecule has 0 fully saturated rings. The summed E-state index contributed by atoms with van der Waals surface area (Å²) >= 11 is 0. The van der Waals surface area contributed by atoms with E-state index in [1.165, 1.54) is 0 Å². The molecule has 0 radical (unpaired) electrons. The lowest BCUT2D eigenvalue weighted by Crippen LogP contribution is -2.25. The van der Waals surface area contributed by atoms with Crippen molar-refractivity contribution in [2.24, 2.45) is 0 Å². The van der Waals surface area contributed by atoms with Gasteiger partial charge in [0, 0.05) is 12.1 Å². The summed E-state index contributed by atoms with van der Waals surface area (Å²) in [5.74, 6) is 1.01. The van der Waals surface area contributed by atoms with Crippen molar-refractivity contribution in [1.29, 1.82) is 0 Å². The van der Waals surface area contributed by atoms with Crippen LogP contribution in [0.1, 0.15) is 37.0 Å². The Hall–Kier alpha value is -1.75. The van der Waals surface area contributed by atoms with Crippen molar-refractivity contribution in [3.8, 4) is 11.5 Å². The van der Waals surface area contributed by atoms with Crippen molar-refractivity contribution in [2.75, 3.05) is 20.3 Å². The molecule has 0 aliphatic carbocycles. The number of benzene rings is 1. The second-order valence-corrected chi connectivity index (χ2v) is 4.55. The lowest BCUT2D eigenvalue weighted by Gasteiger charge is -2.11. The minimum Gasteiger partial charge on any atom is -0.493 e. The van der Waals surface area contributed by atoms with E-state index in [1.54, 1.807) is 32.2 Å². The number of hydrogen-bond acceptors (Lipinski definition) is 4. The van der Waals surface area contributed by atoms with Gasteiger partial charge in [-0.3, -0.25) is 4.79 Å². The lowest BCUT2D eigenvalue weighted by atomic mass is 10.1. The summed E-state index contributed by atoms with van der Waals surface area (Å²) in [6.07, 6.45) is 1.09. The number of methoxy groups -OCH3 is 1. The molecular weight excluding hydrogens is 258 g/mol. The lowest BCUT2D eigenvalue weighted by molar-refractivity contribution is 0.0949. The topological polar surface area (TPSA) is 67.8 Å². The minimum absolute atomic E-state index is 0.156. The maximum atomic E-state index is 12.0. The van der Waals surface area contributed by atoms with E-state index in [0.29, 0.717) is 36.6 Å². The van der Waals surface area contributed by atoms with Crippen molar-refractivity contribution >= 4 is 5.91 Å². The molecule has 0 saturated carbocycles. The first-order valence-corrected chi connectivity index (χ1v) is 6.85. The van der Waals surface area contributed by atoms with Gasteiger partial charge in [0.05, 0.1) is 19.8 Å². The van der Waals surface area contributed by atoms with E-state index >= 15 is 0 Å². The molecule has 1 atom stereocenters. The number of aliphatic hydroxyl groups excluding tert-OH is 1. The molecule has 0 saturated heterocycles. The number of rotatable bonds is 8. The van der Waals surface area contributed by atoms with Gasteiger partial charge in [0.2, 0.25) is 0 Å². The summed E-state index contributed by atoms with van der Waals surface area (Å²) in [5, 5.41) is 12.0. The molecule has 5 nitrogen and oxygen atoms in total. The summed E-state index contributed by atoms with van der Waals surface area (Å²) in [6, 6.07) is 5.10. The Kier molecular flexibility index (Phi) is 6.87. The van der Waals surface area contributed by atoms with Crippen LogP contribution in [0.4, 0.5) is 0 Å². The van der Waals surface area contributed by atoms with Gasteiger partial charge in [-0.05, 0) is 44.9 Å². The van der Waals surface area contributed by atoms with E-state index in [2.05, 4.69) is 5.32 Å². The quantitative estimate of drug-likeness (QED) is 0.715. The largest absolute Gasteiger partial charge is 0.493 e. The predicted octanol–water partition coefficient (Wildman–Crippen LogP) is 1.98. The van der Waals surface area contributed by atoms with Crippen LogP contribution >= 0.6 is 0 Å². The smallest absolute Gasteiger partial charge is 0.251 e. The van der Waals surface area contributed by atoms with Gasteiger partial charge in [-0.25, -0.2) is 0 Å². The van der Waals surface area contributed by atoms with E-state index in [0.717, 1.165) is 6.42 Å². The van der Waals surface area contributed by atoms with Crippen LogP contribution in [0.5, 0.6) is 11.5 Å². The average Bonchev–Trinajstić information content (AvgIpc) is 2.43. The third kappa shape index (κ3) is 5.09. The predicted molar refractivity (Wildman–Crippen MR) is 77.4 cm³/mol. The van der Waals surface area contributed by atoms with E-state index in [-0.39, 0.29) is 12.0 Å². The summed E-state index contributed by atoms with van der Waals surface area (Å²) in [4.78, 5) is 12.0. The van der Waals surface area contributed by atoms with E-state index in [4.69, 9.17) is 14.6 Å². The van der Waals surface area contributed by atoms with Gasteiger partial charge in [-0.2, -0.15) is 0 Å². The molecule has 0 aliphatic rings. The molecule has 1 rings (SSSR count). The van der Waals surface area contributed by atoms with Gasteiger partial charge < -0.3 is 19.9 Å². The Morgan fingerprint density at radius 3 is 2.75 bits per heavy atom. The molecule has 1 amide bonds. The summed E-state index contributed by atoms with van der Waals surface area (Å²) in [7, 11) is 1.54. The van der Waals surface area contributed by atoms with Gasteiger partial charge in [-0.1, -0.05) is 0 Å². The highest BCUT2D eigenvalue weighted by Gasteiger charge is 2.10. The number of aliphatic hydroxyl groups is 1. The van der Waals surface area contributed by atoms with Crippen LogP contribution in [0, 0.1) is 0 Å². The zero-order chi connectivity index (χ0) is 15.0. The molecule has 0 aromatic heterocycles. The van der Waals surface area contributed by atoms with Gasteiger partial charge in [0.1, 0.15) is 0 Å². The molecule has 2 N–H and O–H groups in total. The van der Waals surface area contributed by atoms with Gasteiger partial charge >= 0.3 is 0 Å². The fourth-order valence-corrected chi connectivity index (χ4v) is 1.79. The third-order valence-corrected chi connectivity index (χ3v) is 2.81. The fraction of sp³-hybridized carbons (Fsp3) is 0.533. The molecule has 1 aromatic rings. The standard InChI is InChI=1S/C15H23NO4/c1-4-20-13-8-7-12(10-14(13)19-3)15(18)16-9-5-6-11(2)17/h7-8,10-11,17H,4-6,9H2,1-3H3,(H,16,18). The van der Waals surface area contributed by atoms with E-state index in [1.807, 2.05) is 6.92 Å². The summed E-state index contributed by atoms with van der Waals surface area (Å²) in [5.41, 5.74) is 0.530. The first-order valence-electron chi connectivity index (χ1n) is 6.85. The monoisotopic (exact) mass is 281 g/mol. The Morgan fingerprint density at radius 2 is 2.15 bits per heavy atom. The molecule has 112 valence electrons. The Balaban J connectivity index is 2.59. The zero-order valence-corrected chi connectivity index (χ0v) is 12.3. The zero-order valence-electron chi connectivity index (χ0n) is 12.3. The Bertz CT molecular complexity index is 432. The average molecular weight is 281 g/mol. The van der Waals surface area contributed by atoms with Crippen LogP contribution in [-0.2, 0) is 0 Å². The van der Waals surface area contributed by atoms with Crippen molar-refractivity contribution in [3.05, 3.63) is 23.8 Å². The van der Waals surface area contributed by atoms with Gasteiger partial charge in [0.15, 0.2) is 11.5 Å². The second-order valence-electron chi connectivity index (χ2n) is 4.55. The van der Waals surface area contributed by atoms with Crippen LogP contribution < -0.4 is 14.8 Å². The number of carbonyl (C=O) groups excluding carboxylic acids is 1. The molecule has 0 spiro atoms. The van der Waals surface area contributed by atoms with Crippen LogP contribution in [0.3, 0.4) is 0 Å². The second kappa shape index (κ2) is 8.43. The Morgan fingerprint density at radius 1 is 1.40 bits per heavy atom. The first-order chi connectivity index (χ1) is 9.58. The number of hydrogen-bond donors (Lipinski definition) is 2. The molecule has 20 heavy (non-hydrogen) atoms. The van der Waals surface area contributed by atoms with Gasteiger partial charge in [-0.15, -0.1) is 0 Å². The number of nitrogens with one attached hydrogen (secondary N) is 1. The highest BCUT2D eigenvalue weighted by Crippen LogP contribution is 2.27. The number of carbonyl (C=O) groups is 1. The molecule has 0 heterocycles. The van der Waals surface area contributed by atoms with Crippen molar-refractivity contribution in [1.82, 2.24) is 5.32 Å². The van der Waals surface area contributed by atoms with Crippen molar-refractivity contribution in [3.63, 3.8) is 0 Å². The van der Waals surface area contributed by atoms with Crippen LogP contribution in [0.15, 0.2) is 18.2 Å². The first kappa shape index (κ1) is 16.3. The minimum atomic E-state index is -0.336. The normalized spacial score (nSPS) is 11.8. The van der Waals surface area contributed by atoms with Crippen LogP contribution in [0.25, 0.3) is 0 Å². The van der Waals surface area contributed by atoms with Gasteiger partial charge in [0.25, 0.3) is 5.91 Å². The number of ether oxygens (including phenoxy) is 2. The summed E-state index contributed by atoms with van der Waals surface area (Å²) < 4.78 is 10.6. The highest BCUT2D eigenvalue weighted by atomic mass is 16.5. The molecule has 0 bridgehead atoms. The molecule has 5 heteroatoms. The Labute approximate surface area is 119 Å². The third-order valence-electron chi connectivity index (χ3n) is 2.81. The molecule has 1 unspecified atom stereocenters. The van der Waals surface area contributed by atoms with Crippen LogP contribution in [-0.4, -0.2) is 37.4 Å². The highest BCUT2D eigenvalue weighted by molar-refractivity contribution is 5.94. The number of amides is 1. The van der Waals surface area contributed by atoms with Crippen molar-refractivity contribution < 1.29 is 19.4 Å². The maximum absolute atomic E-state index is 12.0.